The third kappa shape index (κ3) is 3.23. The van der Waals surface area contributed by atoms with Gasteiger partial charge in [0.05, 0.1) is 23.8 Å². The van der Waals surface area contributed by atoms with E-state index in [4.69, 9.17) is 16.3 Å². The van der Waals surface area contributed by atoms with Crippen molar-refractivity contribution in [3.05, 3.63) is 40.1 Å². The second kappa shape index (κ2) is 6.20. The molecule has 0 N–H and O–H groups in total. The number of aromatic nitrogens is 3. The van der Waals surface area contributed by atoms with Gasteiger partial charge in [0.25, 0.3) is 0 Å². The molecule has 0 radical (unpaired) electrons. The van der Waals surface area contributed by atoms with E-state index in [-0.39, 0.29) is 0 Å². The van der Waals surface area contributed by atoms with Crippen LogP contribution in [0.4, 0.5) is 0 Å². The summed E-state index contributed by atoms with van der Waals surface area (Å²) < 4.78 is 7.93. The molecule has 6 heteroatoms. The van der Waals surface area contributed by atoms with Gasteiger partial charge in [-0.2, -0.15) is 0 Å². The Labute approximate surface area is 119 Å². The maximum atomic E-state index is 5.66. The fraction of sp³-hybridized carbons (Fsp3) is 0.333. The third-order valence-corrected chi connectivity index (χ3v) is 3.31. The van der Waals surface area contributed by atoms with Crippen LogP contribution in [-0.2, 0) is 13.0 Å². The molecule has 4 nitrogen and oxygen atoms in total. The summed E-state index contributed by atoms with van der Waals surface area (Å²) >= 11 is 9.13. The highest BCUT2D eigenvalue weighted by Crippen LogP contribution is 2.25. The predicted molar refractivity (Wildman–Crippen MR) is 74.2 cm³/mol. The van der Waals surface area contributed by atoms with Gasteiger partial charge in [-0.1, -0.05) is 11.3 Å². The van der Waals surface area contributed by atoms with E-state index in [9.17, 15) is 0 Å². The molecular formula is C12H13BrClN3O. The molecule has 2 aromatic rings. The minimum absolute atomic E-state index is 0.562. The largest absolute Gasteiger partial charge is 0.496 e. The van der Waals surface area contributed by atoms with Gasteiger partial charge in [-0.05, 0) is 33.6 Å². The maximum Gasteiger partial charge on any atom is 0.133 e. The number of halogens is 2. The molecule has 0 amide bonds. The van der Waals surface area contributed by atoms with Crippen molar-refractivity contribution in [1.82, 2.24) is 15.0 Å². The molecule has 1 heterocycles. The van der Waals surface area contributed by atoms with Crippen molar-refractivity contribution >= 4 is 27.5 Å². The summed E-state index contributed by atoms with van der Waals surface area (Å²) in [5.41, 5.74) is 2.04. The number of benzene rings is 1. The van der Waals surface area contributed by atoms with E-state index in [1.165, 1.54) is 0 Å². The lowest BCUT2D eigenvalue weighted by molar-refractivity contribution is 0.412. The minimum Gasteiger partial charge on any atom is -0.496 e. The van der Waals surface area contributed by atoms with Crippen molar-refractivity contribution in [2.24, 2.45) is 0 Å². The summed E-state index contributed by atoms with van der Waals surface area (Å²) in [5.74, 6) is 1.38. The summed E-state index contributed by atoms with van der Waals surface area (Å²) in [6.07, 6.45) is 2.66. The van der Waals surface area contributed by atoms with Crippen LogP contribution < -0.4 is 4.74 Å². The number of rotatable bonds is 5. The van der Waals surface area contributed by atoms with Crippen LogP contribution in [0, 0.1) is 0 Å². The van der Waals surface area contributed by atoms with E-state index in [1.807, 2.05) is 24.4 Å². The minimum atomic E-state index is 0.562. The Morgan fingerprint density at radius 3 is 2.94 bits per heavy atom. The van der Waals surface area contributed by atoms with Crippen molar-refractivity contribution in [2.45, 2.75) is 13.0 Å². The standard InChI is InChI=1S/C12H13BrClN3O/c1-18-12-3-2-9(6-11(12)13)7-17-8-10(4-5-14)15-16-17/h2-3,6,8H,4-5,7H2,1H3. The topological polar surface area (TPSA) is 39.9 Å². The normalized spacial score (nSPS) is 10.6. The highest BCUT2D eigenvalue weighted by atomic mass is 79.9. The molecule has 0 bridgehead atoms. The van der Waals surface area contributed by atoms with Gasteiger partial charge >= 0.3 is 0 Å². The molecule has 0 unspecified atom stereocenters. The van der Waals surface area contributed by atoms with Crippen LogP contribution in [0.25, 0.3) is 0 Å². The van der Waals surface area contributed by atoms with Gasteiger partial charge in [-0.3, -0.25) is 0 Å². The SMILES string of the molecule is COc1ccc(Cn2cc(CCCl)nn2)cc1Br. The van der Waals surface area contributed by atoms with Gasteiger partial charge in [0.2, 0.25) is 0 Å². The molecule has 1 aromatic heterocycles. The van der Waals surface area contributed by atoms with Crippen molar-refractivity contribution in [3.63, 3.8) is 0 Å². The van der Waals surface area contributed by atoms with Gasteiger partial charge in [-0.25, -0.2) is 4.68 Å². The van der Waals surface area contributed by atoms with Gasteiger partial charge in [-0.15, -0.1) is 16.7 Å². The predicted octanol–water partition coefficient (Wildman–Crippen LogP) is 2.88. The average Bonchev–Trinajstić information content (AvgIpc) is 2.77. The first kappa shape index (κ1) is 13.4. The lowest BCUT2D eigenvalue weighted by atomic mass is 10.2. The first-order chi connectivity index (χ1) is 8.72. The van der Waals surface area contributed by atoms with E-state index in [2.05, 4.69) is 26.2 Å². The summed E-state index contributed by atoms with van der Waals surface area (Å²) in [4.78, 5) is 0. The highest BCUT2D eigenvalue weighted by Gasteiger charge is 2.04. The van der Waals surface area contributed by atoms with E-state index in [0.717, 1.165) is 27.9 Å². The van der Waals surface area contributed by atoms with E-state index in [0.29, 0.717) is 12.4 Å². The Morgan fingerprint density at radius 2 is 2.28 bits per heavy atom. The average molecular weight is 331 g/mol. The summed E-state index contributed by atoms with van der Waals surface area (Å²) in [5, 5.41) is 8.11. The molecule has 0 aliphatic heterocycles. The van der Waals surface area contributed by atoms with Crippen LogP contribution in [0.5, 0.6) is 5.75 Å². The maximum absolute atomic E-state index is 5.66. The first-order valence-corrected chi connectivity index (χ1v) is 6.83. The lowest BCUT2D eigenvalue weighted by Crippen LogP contribution is -2.00. The Hall–Kier alpha value is -1.07. The van der Waals surface area contributed by atoms with Crippen LogP contribution >= 0.6 is 27.5 Å². The molecule has 2 rings (SSSR count). The van der Waals surface area contributed by atoms with Gasteiger partial charge in [0.1, 0.15) is 5.75 Å². The van der Waals surface area contributed by atoms with E-state index in [1.54, 1.807) is 11.8 Å². The fourth-order valence-corrected chi connectivity index (χ4v) is 2.40. The Balaban J connectivity index is 2.10. The monoisotopic (exact) mass is 329 g/mol. The number of ether oxygens (including phenoxy) is 1. The molecule has 0 saturated heterocycles. The number of nitrogens with zero attached hydrogens (tertiary/aromatic N) is 3. The third-order valence-electron chi connectivity index (χ3n) is 2.50. The van der Waals surface area contributed by atoms with Crippen LogP contribution in [0.1, 0.15) is 11.3 Å². The molecule has 0 saturated carbocycles. The van der Waals surface area contributed by atoms with Crippen molar-refractivity contribution in [2.75, 3.05) is 13.0 Å². The molecule has 0 aliphatic rings. The van der Waals surface area contributed by atoms with Crippen molar-refractivity contribution < 1.29 is 4.74 Å². The molecule has 18 heavy (non-hydrogen) atoms. The fourth-order valence-electron chi connectivity index (χ4n) is 1.62. The second-order valence-electron chi connectivity index (χ2n) is 3.82. The van der Waals surface area contributed by atoms with Gasteiger partial charge in [0, 0.05) is 18.5 Å². The smallest absolute Gasteiger partial charge is 0.133 e. The van der Waals surface area contributed by atoms with Gasteiger partial charge < -0.3 is 4.74 Å². The number of hydrogen-bond acceptors (Lipinski definition) is 3. The lowest BCUT2D eigenvalue weighted by Gasteiger charge is -2.06. The number of alkyl halides is 1. The van der Waals surface area contributed by atoms with Crippen molar-refractivity contribution in [1.29, 1.82) is 0 Å². The van der Waals surface area contributed by atoms with Crippen LogP contribution in [0.2, 0.25) is 0 Å². The highest BCUT2D eigenvalue weighted by molar-refractivity contribution is 9.10. The molecular weight excluding hydrogens is 318 g/mol. The quantitative estimate of drug-likeness (QED) is 0.792. The molecule has 0 spiro atoms. The van der Waals surface area contributed by atoms with Gasteiger partial charge in [0.15, 0.2) is 0 Å². The zero-order valence-electron chi connectivity index (χ0n) is 9.94. The van der Waals surface area contributed by atoms with Crippen molar-refractivity contribution in [3.8, 4) is 5.75 Å². The number of hydrogen-bond donors (Lipinski definition) is 0. The van der Waals surface area contributed by atoms with Crippen LogP contribution in [0.3, 0.4) is 0 Å². The summed E-state index contributed by atoms with van der Waals surface area (Å²) in [6.45, 7) is 0.678. The molecule has 0 aliphatic carbocycles. The zero-order valence-corrected chi connectivity index (χ0v) is 12.3. The molecule has 0 atom stereocenters. The Morgan fingerprint density at radius 1 is 1.44 bits per heavy atom. The Bertz CT molecular complexity index is 530. The molecule has 1 aromatic carbocycles. The van der Waals surface area contributed by atoms with Crippen LogP contribution in [-0.4, -0.2) is 28.0 Å². The molecule has 0 fully saturated rings. The first-order valence-electron chi connectivity index (χ1n) is 5.50. The van der Waals surface area contributed by atoms with E-state index < -0.39 is 0 Å². The summed E-state index contributed by atoms with van der Waals surface area (Å²) in [6, 6.07) is 5.95. The second-order valence-corrected chi connectivity index (χ2v) is 5.05. The van der Waals surface area contributed by atoms with E-state index >= 15 is 0 Å². The van der Waals surface area contributed by atoms with Crippen LogP contribution in [0.15, 0.2) is 28.9 Å². The molecule has 96 valence electrons. The number of methoxy groups -OCH3 is 1. The zero-order chi connectivity index (χ0) is 13.0. The number of aryl methyl sites for hydroxylation is 1. The Kier molecular flexibility index (Phi) is 4.60. The summed E-state index contributed by atoms with van der Waals surface area (Å²) in [7, 11) is 1.65.